The first-order valence-electron chi connectivity index (χ1n) is 6.97. The molecule has 5 nitrogen and oxygen atoms in total. The summed E-state index contributed by atoms with van der Waals surface area (Å²) in [5.41, 5.74) is -0.386. The second-order valence-corrected chi connectivity index (χ2v) is 7.13. The van der Waals surface area contributed by atoms with Crippen molar-refractivity contribution in [1.82, 2.24) is 9.80 Å². The molecular formula is C14H26N2O3S. The minimum absolute atomic E-state index is 0.0944. The van der Waals surface area contributed by atoms with E-state index in [1.807, 2.05) is 27.0 Å². The highest BCUT2D eigenvalue weighted by Gasteiger charge is 2.45. The van der Waals surface area contributed by atoms with E-state index in [1.165, 1.54) is 4.90 Å². The fraction of sp³-hybridized carbons (Fsp3) is 0.857. The van der Waals surface area contributed by atoms with E-state index in [-0.39, 0.29) is 17.5 Å². The minimum atomic E-state index is -0.908. The van der Waals surface area contributed by atoms with Crippen LogP contribution in [0, 0.1) is 5.41 Å². The van der Waals surface area contributed by atoms with Crippen LogP contribution in [0.4, 0.5) is 4.79 Å². The van der Waals surface area contributed by atoms with Crippen LogP contribution in [-0.4, -0.2) is 64.6 Å². The molecule has 2 unspecified atom stereocenters. The zero-order valence-corrected chi connectivity index (χ0v) is 13.9. The van der Waals surface area contributed by atoms with Crippen molar-refractivity contribution in [2.45, 2.75) is 45.7 Å². The molecular weight excluding hydrogens is 276 g/mol. The number of carbonyl (C=O) groups excluding carboxylic acids is 1. The first kappa shape index (κ1) is 17.1. The lowest BCUT2D eigenvalue weighted by Crippen LogP contribution is -2.59. The number of hydrogen-bond donors (Lipinski definition) is 1. The zero-order valence-electron chi connectivity index (χ0n) is 13.0. The van der Waals surface area contributed by atoms with Gasteiger partial charge in [-0.25, -0.2) is 9.59 Å². The van der Waals surface area contributed by atoms with Crippen LogP contribution in [0.25, 0.3) is 0 Å². The van der Waals surface area contributed by atoms with Crippen molar-refractivity contribution in [2.75, 3.05) is 25.6 Å². The fourth-order valence-corrected chi connectivity index (χ4v) is 3.52. The fourth-order valence-electron chi connectivity index (χ4n) is 2.81. The molecule has 1 saturated heterocycles. The van der Waals surface area contributed by atoms with Crippen molar-refractivity contribution in [1.29, 1.82) is 0 Å². The maximum atomic E-state index is 12.6. The van der Waals surface area contributed by atoms with Crippen LogP contribution in [0.2, 0.25) is 0 Å². The van der Waals surface area contributed by atoms with E-state index in [0.717, 1.165) is 18.6 Å². The summed E-state index contributed by atoms with van der Waals surface area (Å²) in [7, 11) is 1.75. The van der Waals surface area contributed by atoms with Gasteiger partial charge in [-0.15, -0.1) is 0 Å². The average molecular weight is 302 g/mol. The lowest BCUT2D eigenvalue weighted by atomic mass is 9.76. The molecule has 0 bridgehead atoms. The van der Waals surface area contributed by atoms with E-state index in [4.69, 9.17) is 0 Å². The predicted octanol–water partition coefficient (Wildman–Crippen LogP) is 2.36. The SMILES string of the molecule is CSCC(C)N(C)C(=O)N1CCCC(C)(C)C1C(=O)O. The summed E-state index contributed by atoms with van der Waals surface area (Å²) in [5.74, 6) is -0.0639. The number of rotatable bonds is 4. The quantitative estimate of drug-likeness (QED) is 0.866. The Morgan fingerprint density at radius 2 is 2.10 bits per heavy atom. The van der Waals surface area contributed by atoms with E-state index in [1.54, 1.807) is 23.7 Å². The predicted molar refractivity (Wildman–Crippen MR) is 82.1 cm³/mol. The van der Waals surface area contributed by atoms with E-state index in [2.05, 4.69) is 0 Å². The molecule has 1 heterocycles. The summed E-state index contributed by atoms with van der Waals surface area (Å²) in [6.45, 7) is 6.36. The monoisotopic (exact) mass is 302 g/mol. The number of urea groups is 1. The molecule has 0 aromatic heterocycles. The van der Waals surface area contributed by atoms with Gasteiger partial charge in [0, 0.05) is 25.4 Å². The Hall–Kier alpha value is -0.910. The second-order valence-electron chi connectivity index (χ2n) is 6.22. The molecule has 1 fully saturated rings. The molecule has 20 heavy (non-hydrogen) atoms. The van der Waals surface area contributed by atoms with Gasteiger partial charge in [0.25, 0.3) is 0 Å². The van der Waals surface area contributed by atoms with Gasteiger partial charge < -0.3 is 14.9 Å². The van der Waals surface area contributed by atoms with Crippen molar-refractivity contribution >= 4 is 23.8 Å². The van der Waals surface area contributed by atoms with Gasteiger partial charge >= 0.3 is 12.0 Å². The third-order valence-corrected chi connectivity index (χ3v) is 4.94. The lowest BCUT2D eigenvalue weighted by molar-refractivity contribution is -0.148. The second kappa shape index (κ2) is 6.70. The van der Waals surface area contributed by atoms with Crippen LogP contribution in [0.5, 0.6) is 0 Å². The molecule has 116 valence electrons. The Balaban J connectivity index is 2.91. The molecule has 6 heteroatoms. The number of hydrogen-bond acceptors (Lipinski definition) is 3. The number of thioether (sulfide) groups is 1. The number of likely N-dealkylation sites (tertiary alicyclic amines) is 1. The highest BCUT2D eigenvalue weighted by Crippen LogP contribution is 2.35. The van der Waals surface area contributed by atoms with Gasteiger partial charge in [0.1, 0.15) is 6.04 Å². The molecule has 2 amide bonds. The van der Waals surface area contributed by atoms with Crippen LogP contribution >= 0.6 is 11.8 Å². The highest BCUT2D eigenvalue weighted by atomic mass is 32.2. The molecule has 0 aromatic rings. The number of amides is 2. The maximum absolute atomic E-state index is 12.6. The van der Waals surface area contributed by atoms with E-state index < -0.39 is 12.0 Å². The number of aliphatic carboxylic acids is 1. The third-order valence-electron chi connectivity index (χ3n) is 4.12. The van der Waals surface area contributed by atoms with Crippen LogP contribution in [0.1, 0.15) is 33.6 Å². The van der Waals surface area contributed by atoms with Crippen molar-refractivity contribution in [2.24, 2.45) is 5.41 Å². The van der Waals surface area contributed by atoms with Gasteiger partial charge in [-0.05, 0) is 31.4 Å². The largest absolute Gasteiger partial charge is 0.480 e. The Labute approximate surface area is 125 Å². The van der Waals surface area contributed by atoms with Gasteiger partial charge in [0.05, 0.1) is 0 Å². The smallest absolute Gasteiger partial charge is 0.327 e. The van der Waals surface area contributed by atoms with Crippen LogP contribution in [0.3, 0.4) is 0 Å². The van der Waals surface area contributed by atoms with Crippen LogP contribution < -0.4 is 0 Å². The molecule has 0 saturated carbocycles. The molecule has 2 atom stereocenters. The summed E-state index contributed by atoms with van der Waals surface area (Å²) < 4.78 is 0. The average Bonchev–Trinajstić information content (AvgIpc) is 2.35. The van der Waals surface area contributed by atoms with E-state index >= 15 is 0 Å². The van der Waals surface area contributed by atoms with Gasteiger partial charge in [-0.2, -0.15) is 11.8 Å². The van der Waals surface area contributed by atoms with Gasteiger partial charge in [-0.3, -0.25) is 0 Å². The van der Waals surface area contributed by atoms with Gasteiger partial charge in [0.2, 0.25) is 0 Å². The molecule has 1 aliphatic rings. The summed E-state index contributed by atoms with van der Waals surface area (Å²) in [4.78, 5) is 27.4. The third kappa shape index (κ3) is 3.59. The number of nitrogens with zero attached hydrogens (tertiary/aromatic N) is 2. The summed E-state index contributed by atoms with van der Waals surface area (Å²) in [6, 6.07) is -0.823. The van der Waals surface area contributed by atoms with Crippen LogP contribution in [0.15, 0.2) is 0 Å². The Morgan fingerprint density at radius 3 is 2.60 bits per heavy atom. The van der Waals surface area contributed by atoms with Crippen LogP contribution in [-0.2, 0) is 4.79 Å². The molecule has 0 aromatic carbocycles. The topological polar surface area (TPSA) is 60.9 Å². The van der Waals surface area contributed by atoms with Crippen molar-refractivity contribution in [3.8, 4) is 0 Å². The highest BCUT2D eigenvalue weighted by molar-refractivity contribution is 7.98. The first-order chi connectivity index (χ1) is 9.22. The summed E-state index contributed by atoms with van der Waals surface area (Å²) >= 11 is 1.68. The normalized spacial score (nSPS) is 23.2. The van der Waals surface area contributed by atoms with Crippen molar-refractivity contribution in [3.05, 3.63) is 0 Å². The Bertz CT molecular complexity index is 373. The molecule has 1 aliphatic heterocycles. The maximum Gasteiger partial charge on any atom is 0.327 e. The minimum Gasteiger partial charge on any atom is -0.480 e. The lowest BCUT2D eigenvalue weighted by Gasteiger charge is -2.45. The molecule has 0 radical (unpaired) electrons. The zero-order chi connectivity index (χ0) is 15.5. The summed E-state index contributed by atoms with van der Waals surface area (Å²) in [6.07, 6.45) is 3.68. The standard InChI is InChI=1S/C14H26N2O3S/c1-10(9-20-5)15(4)13(19)16-8-6-7-14(2,3)11(16)12(17)18/h10-11H,6-9H2,1-5H3,(H,17,18). The molecule has 1 rings (SSSR count). The van der Waals surface area contributed by atoms with E-state index in [0.29, 0.717) is 6.54 Å². The van der Waals surface area contributed by atoms with E-state index in [9.17, 15) is 14.7 Å². The summed E-state index contributed by atoms with van der Waals surface area (Å²) in [5, 5.41) is 9.50. The number of piperidine rings is 1. The van der Waals surface area contributed by atoms with Crippen molar-refractivity contribution in [3.63, 3.8) is 0 Å². The Kier molecular flexibility index (Phi) is 5.74. The molecule has 0 aliphatic carbocycles. The number of carbonyl (C=O) groups is 2. The Morgan fingerprint density at radius 1 is 1.50 bits per heavy atom. The first-order valence-corrected chi connectivity index (χ1v) is 8.37. The number of carboxylic acids is 1. The van der Waals surface area contributed by atoms with Gasteiger partial charge in [-0.1, -0.05) is 13.8 Å². The molecule has 0 spiro atoms. The van der Waals surface area contributed by atoms with Crippen molar-refractivity contribution < 1.29 is 14.7 Å². The molecule has 1 N–H and O–H groups in total. The van der Waals surface area contributed by atoms with Gasteiger partial charge in [0.15, 0.2) is 0 Å². The number of carboxylic acid groups (broad SMARTS) is 1.